The van der Waals surface area contributed by atoms with Crippen LogP contribution in [0.15, 0.2) is 81.7 Å². The van der Waals surface area contributed by atoms with Gasteiger partial charge in [-0.15, -0.1) is 0 Å². The van der Waals surface area contributed by atoms with Gasteiger partial charge in [-0.1, -0.05) is 36.5 Å². The highest BCUT2D eigenvalue weighted by Crippen LogP contribution is 2.42. The van der Waals surface area contributed by atoms with Gasteiger partial charge in [-0.25, -0.2) is 0 Å². The third-order valence-corrected chi connectivity index (χ3v) is 5.84. The van der Waals surface area contributed by atoms with Crippen molar-refractivity contribution in [2.75, 3.05) is 14.1 Å². The van der Waals surface area contributed by atoms with Gasteiger partial charge in [-0.3, -0.25) is 0 Å². The van der Waals surface area contributed by atoms with Crippen LogP contribution in [0.4, 0.5) is 0 Å². The molecule has 0 saturated heterocycles. The van der Waals surface area contributed by atoms with Crippen molar-refractivity contribution in [2.45, 2.75) is 60.3 Å². The first-order valence-electron chi connectivity index (χ1n) is 10.2. The van der Waals surface area contributed by atoms with E-state index in [9.17, 15) is 0 Å². The Labute approximate surface area is 167 Å². The summed E-state index contributed by atoms with van der Waals surface area (Å²) < 4.78 is 0. The van der Waals surface area contributed by atoms with Gasteiger partial charge < -0.3 is 4.90 Å². The lowest BCUT2D eigenvalue weighted by Crippen LogP contribution is -2.13. The van der Waals surface area contributed by atoms with Gasteiger partial charge in [-0.2, -0.15) is 0 Å². The standard InChI is InChI=1S/C26H37N/c1-9-10-25(22-13-15-24(16-14-22)27(7)8)20(5)21(6)26(23-11-12-23)17-19(4)18(2)3/h9-10,13,15,17,23H,2,11-12,14,16H2,1,3-8H3/b10-9-,19-17-,25-20+,26-21-. The lowest BCUT2D eigenvalue weighted by Gasteiger charge is -2.23. The molecule has 0 aromatic carbocycles. The number of allylic oxidation sites excluding steroid dienone is 13. The van der Waals surface area contributed by atoms with Crippen molar-refractivity contribution < 1.29 is 0 Å². The van der Waals surface area contributed by atoms with E-state index >= 15 is 0 Å². The summed E-state index contributed by atoms with van der Waals surface area (Å²) in [5.74, 6) is 0.724. The first-order valence-corrected chi connectivity index (χ1v) is 10.2. The fourth-order valence-electron chi connectivity index (χ4n) is 3.56. The lowest BCUT2D eigenvalue weighted by molar-refractivity contribution is 0.484. The Balaban J connectivity index is 2.52. The van der Waals surface area contributed by atoms with Gasteiger partial charge in [0.25, 0.3) is 0 Å². The SMILES string of the molecule is C=C(C)\C(C)=C/C(=C(C)/C(C)=C(\C=C/C)C1=CC=C(N(C)C)CC1)C1CC1. The Kier molecular flexibility index (Phi) is 7.30. The number of hydrogen-bond acceptors (Lipinski definition) is 1. The van der Waals surface area contributed by atoms with Crippen LogP contribution < -0.4 is 0 Å². The Bertz CT molecular complexity index is 771. The summed E-state index contributed by atoms with van der Waals surface area (Å²) in [4.78, 5) is 2.22. The molecule has 27 heavy (non-hydrogen) atoms. The van der Waals surface area contributed by atoms with Gasteiger partial charge in [0.05, 0.1) is 0 Å². The molecular weight excluding hydrogens is 326 g/mol. The van der Waals surface area contributed by atoms with Crippen LogP contribution >= 0.6 is 0 Å². The van der Waals surface area contributed by atoms with Crippen LogP contribution in [0.2, 0.25) is 0 Å². The number of nitrogens with zero attached hydrogens (tertiary/aromatic N) is 1. The van der Waals surface area contributed by atoms with Crippen LogP contribution in [0.25, 0.3) is 0 Å². The van der Waals surface area contributed by atoms with Gasteiger partial charge in [0.15, 0.2) is 0 Å². The Morgan fingerprint density at radius 2 is 1.70 bits per heavy atom. The first-order chi connectivity index (χ1) is 12.8. The Hall–Kier alpha value is -2.02. The summed E-state index contributed by atoms with van der Waals surface area (Å²) >= 11 is 0. The van der Waals surface area contributed by atoms with Gasteiger partial charge in [0, 0.05) is 19.8 Å². The molecule has 0 aliphatic heterocycles. The molecule has 0 unspecified atom stereocenters. The predicted molar refractivity (Wildman–Crippen MR) is 121 cm³/mol. The molecule has 1 heteroatoms. The lowest BCUT2D eigenvalue weighted by atomic mass is 9.87. The van der Waals surface area contributed by atoms with E-state index < -0.39 is 0 Å². The van der Waals surface area contributed by atoms with Crippen LogP contribution in [0.5, 0.6) is 0 Å². The second-order valence-electron chi connectivity index (χ2n) is 8.25. The predicted octanol–water partition coefficient (Wildman–Crippen LogP) is 7.29. The van der Waals surface area contributed by atoms with Crippen LogP contribution in [0.1, 0.15) is 60.3 Å². The average Bonchev–Trinajstić information content (AvgIpc) is 3.47. The van der Waals surface area contributed by atoms with Gasteiger partial charge in [-0.05, 0) is 106 Å². The highest BCUT2D eigenvalue weighted by molar-refractivity contribution is 5.54. The Morgan fingerprint density at radius 3 is 2.15 bits per heavy atom. The van der Waals surface area contributed by atoms with Crippen LogP contribution in [-0.4, -0.2) is 19.0 Å². The van der Waals surface area contributed by atoms with E-state index in [1.54, 1.807) is 0 Å². The van der Waals surface area contributed by atoms with Crippen molar-refractivity contribution >= 4 is 0 Å². The second kappa shape index (κ2) is 9.26. The second-order valence-corrected chi connectivity index (χ2v) is 8.25. The molecule has 0 N–H and O–H groups in total. The zero-order valence-electron chi connectivity index (χ0n) is 18.4. The summed E-state index contributed by atoms with van der Waals surface area (Å²) in [6.07, 6.45) is 16.3. The van der Waals surface area contributed by atoms with Crippen molar-refractivity contribution in [2.24, 2.45) is 5.92 Å². The van der Waals surface area contributed by atoms with Crippen molar-refractivity contribution in [1.29, 1.82) is 0 Å². The third kappa shape index (κ3) is 5.48. The minimum absolute atomic E-state index is 0.724. The molecule has 0 heterocycles. The fraction of sp³-hybridized carbons (Fsp3) is 0.462. The van der Waals surface area contributed by atoms with Crippen molar-refractivity contribution in [3.63, 3.8) is 0 Å². The Morgan fingerprint density at radius 1 is 1.04 bits per heavy atom. The van der Waals surface area contributed by atoms with E-state index in [0.29, 0.717) is 0 Å². The molecule has 1 fully saturated rings. The molecule has 0 spiro atoms. The molecule has 146 valence electrons. The molecule has 1 nitrogen and oxygen atoms in total. The summed E-state index contributed by atoms with van der Waals surface area (Å²) in [5.41, 5.74) is 11.1. The number of hydrogen-bond donors (Lipinski definition) is 0. The average molecular weight is 364 g/mol. The molecule has 0 aromatic rings. The maximum Gasteiger partial charge on any atom is 0.0131 e. The van der Waals surface area contributed by atoms with Gasteiger partial charge in [0.1, 0.15) is 0 Å². The minimum Gasteiger partial charge on any atom is -0.381 e. The van der Waals surface area contributed by atoms with E-state index in [-0.39, 0.29) is 0 Å². The zero-order chi connectivity index (χ0) is 20.1. The quantitative estimate of drug-likeness (QED) is 0.429. The van der Waals surface area contributed by atoms with E-state index in [0.717, 1.165) is 24.3 Å². The molecule has 2 aliphatic rings. The molecule has 1 saturated carbocycles. The molecule has 0 aromatic heterocycles. The third-order valence-electron chi connectivity index (χ3n) is 5.84. The molecular formula is C26H37N. The highest BCUT2D eigenvalue weighted by atomic mass is 15.1. The van der Waals surface area contributed by atoms with Crippen LogP contribution in [-0.2, 0) is 0 Å². The molecule has 0 radical (unpaired) electrons. The molecule has 0 amide bonds. The summed E-state index contributed by atoms with van der Waals surface area (Å²) in [6.45, 7) is 15.1. The van der Waals surface area contributed by atoms with Crippen molar-refractivity contribution in [3.05, 3.63) is 81.7 Å². The fourth-order valence-corrected chi connectivity index (χ4v) is 3.56. The minimum atomic E-state index is 0.724. The van der Waals surface area contributed by atoms with Gasteiger partial charge in [0.2, 0.25) is 0 Å². The normalized spacial score (nSPS) is 20.0. The van der Waals surface area contributed by atoms with E-state index in [1.165, 1.54) is 52.0 Å². The van der Waals surface area contributed by atoms with E-state index in [2.05, 4.69) is 90.6 Å². The molecule has 0 atom stereocenters. The molecule has 2 aliphatic carbocycles. The summed E-state index contributed by atoms with van der Waals surface area (Å²) in [7, 11) is 4.26. The first kappa shape index (κ1) is 21.3. The van der Waals surface area contributed by atoms with E-state index in [1.807, 2.05) is 0 Å². The molecule has 2 rings (SSSR count). The largest absolute Gasteiger partial charge is 0.381 e. The molecule has 0 bridgehead atoms. The van der Waals surface area contributed by atoms with Crippen LogP contribution in [0, 0.1) is 5.92 Å². The highest BCUT2D eigenvalue weighted by Gasteiger charge is 2.27. The maximum absolute atomic E-state index is 4.12. The number of rotatable bonds is 7. The van der Waals surface area contributed by atoms with Crippen LogP contribution in [0.3, 0.4) is 0 Å². The summed E-state index contributed by atoms with van der Waals surface area (Å²) in [6, 6.07) is 0. The van der Waals surface area contributed by atoms with E-state index in [4.69, 9.17) is 0 Å². The smallest absolute Gasteiger partial charge is 0.0131 e. The summed E-state index contributed by atoms with van der Waals surface area (Å²) in [5, 5.41) is 0. The topological polar surface area (TPSA) is 3.24 Å². The maximum atomic E-state index is 4.12. The van der Waals surface area contributed by atoms with Gasteiger partial charge >= 0.3 is 0 Å². The van der Waals surface area contributed by atoms with Crippen molar-refractivity contribution in [1.82, 2.24) is 4.90 Å². The van der Waals surface area contributed by atoms with Crippen molar-refractivity contribution in [3.8, 4) is 0 Å². The monoisotopic (exact) mass is 363 g/mol. The zero-order valence-corrected chi connectivity index (χ0v) is 18.4.